The Labute approximate surface area is 173 Å². The van der Waals surface area contributed by atoms with E-state index >= 15 is 0 Å². The summed E-state index contributed by atoms with van der Waals surface area (Å²) in [6.07, 6.45) is 5.94. The molecule has 7 heteroatoms. The molecule has 0 unspecified atom stereocenters. The zero-order chi connectivity index (χ0) is 20.1. The van der Waals surface area contributed by atoms with Crippen molar-refractivity contribution in [3.8, 4) is 17.1 Å². The first-order chi connectivity index (χ1) is 14.8. The minimum absolute atomic E-state index is 0.264. The van der Waals surface area contributed by atoms with Crippen LogP contribution >= 0.6 is 0 Å². The Balaban J connectivity index is 1.53. The first kappa shape index (κ1) is 17.5. The average molecular weight is 400 g/mol. The van der Waals surface area contributed by atoms with Crippen molar-refractivity contribution >= 4 is 17.0 Å². The first-order valence-electron chi connectivity index (χ1n) is 10.3. The molecular formula is C23H21FN6. The Hall–Kier alpha value is -3.32. The zero-order valence-corrected chi connectivity index (χ0v) is 16.4. The van der Waals surface area contributed by atoms with E-state index in [-0.39, 0.29) is 5.82 Å². The van der Waals surface area contributed by atoms with Gasteiger partial charge in [-0.05, 0) is 61.4 Å². The molecule has 30 heavy (non-hydrogen) atoms. The van der Waals surface area contributed by atoms with Crippen LogP contribution in [0.3, 0.4) is 0 Å². The Kier molecular flexibility index (Phi) is 4.02. The fourth-order valence-electron chi connectivity index (χ4n) is 4.63. The Morgan fingerprint density at radius 2 is 1.77 bits per heavy atom. The minimum atomic E-state index is -0.264. The SMILES string of the molecule is Fc1ccc(-c2nc3ccc(N4C[C@H]5CC[C@@H]4CN5)nc3n2-c2ccncc2)cc1. The molecule has 2 bridgehead atoms. The zero-order valence-electron chi connectivity index (χ0n) is 16.4. The van der Waals surface area contributed by atoms with E-state index in [0.29, 0.717) is 12.1 Å². The number of piperazine rings is 1. The van der Waals surface area contributed by atoms with E-state index < -0.39 is 0 Å². The molecule has 150 valence electrons. The molecule has 3 fully saturated rings. The maximum atomic E-state index is 13.5. The number of imidazole rings is 1. The summed E-state index contributed by atoms with van der Waals surface area (Å²) in [4.78, 5) is 16.5. The molecule has 3 aromatic heterocycles. The summed E-state index contributed by atoms with van der Waals surface area (Å²) >= 11 is 0. The summed E-state index contributed by atoms with van der Waals surface area (Å²) in [5.74, 6) is 1.46. The molecule has 0 spiro atoms. The Bertz CT molecular complexity index is 1200. The normalized spacial score (nSPS) is 20.8. The number of piperidine rings is 2. The van der Waals surface area contributed by atoms with Gasteiger partial charge in [0, 0.05) is 43.1 Å². The van der Waals surface area contributed by atoms with Crippen LogP contribution in [0, 0.1) is 5.82 Å². The van der Waals surface area contributed by atoms with E-state index in [1.807, 2.05) is 22.8 Å². The molecule has 2 atom stereocenters. The molecule has 0 radical (unpaired) electrons. The van der Waals surface area contributed by atoms with Crippen LogP contribution in [-0.2, 0) is 0 Å². The second-order valence-electron chi connectivity index (χ2n) is 7.98. The molecule has 0 saturated carbocycles. The summed E-state index contributed by atoms with van der Waals surface area (Å²) < 4.78 is 15.5. The van der Waals surface area contributed by atoms with Crippen molar-refractivity contribution in [2.75, 3.05) is 18.0 Å². The molecule has 3 aliphatic rings. The maximum absolute atomic E-state index is 13.5. The lowest BCUT2D eigenvalue weighted by Crippen LogP contribution is -2.61. The van der Waals surface area contributed by atoms with Crippen LogP contribution in [0.15, 0.2) is 60.9 Å². The lowest BCUT2D eigenvalue weighted by atomic mass is 9.93. The first-order valence-corrected chi connectivity index (χ1v) is 10.3. The molecule has 3 saturated heterocycles. The van der Waals surface area contributed by atoms with E-state index in [2.05, 4.69) is 21.3 Å². The predicted octanol–water partition coefficient (Wildman–Crippen LogP) is 3.56. The van der Waals surface area contributed by atoms with Crippen LogP contribution < -0.4 is 10.2 Å². The summed E-state index contributed by atoms with van der Waals surface area (Å²) in [6.45, 7) is 1.99. The number of hydrogen-bond acceptors (Lipinski definition) is 5. The lowest BCUT2D eigenvalue weighted by Gasteiger charge is -2.46. The van der Waals surface area contributed by atoms with Gasteiger partial charge in [0.1, 0.15) is 23.0 Å². The number of fused-ring (bicyclic) bond motifs is 4. The van der Waals surface area contributed by atoms with E-state index in [1.54, 1.807) is 24.5 Å². The van der Waals surface area contributed by atoms with Gasteiger partial charge in [0.25, 0.3) is 0 Å². The van der Waals surface area contributed by atoms with Gasteiger partial charge < -0.3 is 10.2 Å². The van der Waals surface area contributed by atoms with Crippen LogP contribution in [-0.4, -0.2) is 44.7 Å². The van der Waals surface area contributed by atoms with Gasteiger partial charge in [-0.3, -0.25) is 9.55 Å². The monoisotopic (exact) mass is 400 g/mol. The van der Waals surface area contributed by atoms with Crippen molar-refractivity contribution in [3.63, 3.8) is 0 Å². The number of anilines is 1. The summed E-state index contributed by atoms with van der Waals surface area (Å²) in [5.41, 5.74) is 3.38. The van der Waals surface area contributed by atoms with Crippen molar-refractivity contribution < 1.29 is 4.39 Å². The van der Waals surface area contributed by atoms with Crippen LogP contribution in [0.1, 0.15) is 12.8 Å². The molecular weight excluding hydrogens is 379 g/mol. The highest BCUT2D eigenvalue weighted by atomic mass is 19.1. The number of halogens is 1. The van der Waals surface area contributed by atoms with Gasteiger partial charge in [0.15, 0.2) is 5.65 Å². The van der Waals surface area contributed by atoms with Gasteiger partial charge in [0.05, 0.1) is 5.69 Å². The molecule has 4 aromatic rings. The van der Waals surface area contributed by atoms with E-state index in [9.17, 15) is 4.39 Å². The summed E-state index contributed by atoms with van der Waals surface area (Å²) in [5, 5.41) is 3.60. The van der Waals surface area contributed by atoms with Crippen molar-refractivity contribution in [1.29, 1.82) is 0 Å². The van der Waals surface area contributed by atoms with Gasteiger partial charge >= 0.3 is 0 Å². The number of benzene rings is 1. The largest absolute Gasteiger partial charge is 0.351 e. The van der Waals surface area contributed by atoms with Gasteiger partial charge in [-0.15, -0.1) is 0 Å². The second kappa shape index (κ2) is 6.88. The average Bonchev–Trinajstić information content (AvgIpc) is 3.19. The molecule has 6 nitrogen and oxygen atoms in total. The van der Waals surface area contributed by atoms with Gasteiger partial charge in [-0.1, -0.05) is 0 Å². The lowest BCUT2D eigenvalue weighted by molar-refractivity contribution is 0.289. The van der Waals surface area contributed by atoms with Crippen molar-refractivity contribution in [2.45, 2.75) is 24.9 Å². The quantitative estimate of drug-likeness (QED) is 0.570. The number of nitrogens with one attached hydrogen (secondary N) is 1. The highest BCUT2D eigenvalue weighted by Gasteiger charge is 2.34. The van der Waals surface area contributed by atoms with Crippen LogP contribution in [0.5, 0.6) is 0 Å². The van der Waals surface area contributed by atoms with Gasteiger partial charge in [-0.2, -0.15) is 0 Å². The van der Waals surface area contributed by atoms with Crippen LogP contribution in [0.25, 0.3) is 28.2 Å². The number of aromatic nitrogens is 4. The summed E-state index contributed by atoms with van der Waals surface area (Å²) in [7, 11) is 0. The van der Waals surface area contributed by atoms with Gasteiger partial charge in [-0.25, -0.2) is 14.4 Å². The molecule has 1 aromatic carbocycles. The molecule has 7 rings (SSSR count). The van der Waals surface area contributed by atoms with Crippen LogP contribution in [0.4, 0.5) is 10.2 Å². The molecule has 1 N–H and O–H groups in total. The highest BCUT2D eigenvalue weighted by Crippen LogP contribution is 2.32. The highest BCUT2D eigenvalue weighted by molar-refractivity contribution is 5.81. The van der Waals surface area contributed by atoms with Gasteiger partial charge in [0.2, 0.25) is 0 Å². The maximum Gasteiger partial charge on any atom is 0.167 e. The minimum Gasteiger partial charge on any atom is -0.351 e. The van der Waals surface area contributed by atoms with E-state index in [4.69, 9.17) is 9.97 Å². The number of rotatable bonds is 3. The molecule has 0 aliphatic carbocycles. The van der Waals surface area contributed by atoms with E-state index in [0.717, 1.165) is 47.1 Å². The smallest absolute Gasteiger partial charge is 0.167 e. The topological polar surface area (TPSA) is 58.9 Å². The van der Waals surface area contributed by atoms with Crippen LogP contribution in [0.2, 0.25) is 0 Å². The predicted molar refractivity (Wildman–Crippen MR) is 114 cm³/mol. The fourth-order valence-corrected chi connectivity index (χ4v) is 4.63. The summed E-state index contributed by atoms with van der Waals surface area (Å²) in [6, 6.07) is 15.4. The third-order valence-electron chi connectivity index (χ3n) is 6.16. The standard InChI is InChI=1S/C23H21FN6/c24-16-3-1-15(2-4-16)22-27-20-7-8-21(29-14-17-5-6-19(29)13-26-17)28-23(20)30(22)18-9-11-25-12-10-18/h1-4,7-12,17,19,26H,5-6,13-14H2/t17-,19-/m1/s1. The molecule has 6 heterocycles. The Morgan fingerprint density at radius 3 is 2.47 bits per heavy atom. The second-order valence-corrected chi connectivity index (χ2v) is 7.98. The fraction of sp³-hybridized carbons (Fsp3) is 0.261. The van der Waals surface area contributed by atoms with Crippen molar-refractivity contribution in [3.05, 3.63) is 66.7 Å². The van der Waals surface area contributed by atoms with Crippen molar-refractivity contribution in [2.24, 2.45) is 0 Å². The molecule has 0 amide bonds. The third kappa shape index (κ3) is 2.85. The Morgan fingerprint density at radius 1 is 0.933 bits per heavy atom. The molecule has 3 aliphatic heterocycles. The number of nitrogens with zero attached hydrogens (tertiary/aromatic N) is 5. The number of pyridine rings is 2. The number of hydrogen-bond donors (Lipinski definition) is 1. The van der Waals surface area contributed by atoms with Crippen molar-refractivity contribution in [1.82, 2.24) is 24.8 Å². The third-order valence-corrected chi connectivity index (χ3v) is 6.16. The van der Waals surface area contributed by atoms with E-state index in [1.165, 1.54) is 25.0 Å².